The lowest BCUT2D eigenvalue weighted by Gasteiger charge is -2.14. The number of halogens is 5. The van der Waals surface area contributed by atoms with Gasteiger partial charge in [-0.15, -0.1) is 0 Å². The van der Waals surface area contributed by atoms with Crippen LogP contribution < -0.4 is 10.6 Å². The summed E-state index contributed by atoms with van der Waals surface area (Å²) in [5.74, 6) is 0.520. The monoisotopic (exact) mass is 984 g/mol. The maximum atomic E-state index is 13.6. The topological polar surface area (TPSA) is 130 Å². The number of alkyl halides is 1. The van der Waals surface area contributed by atoms with Gasteiger partial charge in [0.1, 0.15) is 33.3 Å². The van der Waals surface area contributed by atoms with E-state index < -0.39 is 0 Å². The summed E-state index contributed by atoms with van der Waals surface area (Å²) in [6, 6.07) is 28.2. The van der Waals surface area contributed by atoms with Gasteiger partial charge in [0.2, 0.25) is 11.9 Å². The predicted molar refractivity (Wildman–Crippen MR) is 249 cm³/mol. The van der Waals surface area contributed by atoms with Gasteiger partial charge >= 0.3 is 0 Å². The Labute approximate surface area is 380 Å². The molecule has 2 saturated carbocycles. The maximum Gasteiger partial charge on any atom is 0.223 e. The lowest BCUT2D eigenvalue weighted by Crippen LogP contribution is -2.17. The number of pyridine rings is 2. The second-order valence-electron chi connectivity index (χ2n) is 15.4. The van der Waals surface area contributed by atoms with E-state index in [1.54, 1.807) is 51.5 Å². The molecule has 0 aliphatic heterocycles. The molecule has 0 atom stereocenters. The summed E-state index contributed by atoms with van der Waals surface area (Å²) in [7, 11) is 0. The van der Waals surface area contributed by atoms with E-state index in [0.29, 0.717) is 57.1 Å². The number of nitrogens with zero attached hydrogens (tertiary/aromatic N) is 8. The molecule has 10 rings (SSSR count). The average molecular weight is 986 g/mol. The van der Waals surface area contributed by atoms with Crippen molar-refractivity contribution in [2.75, 3.05) is 10.6 Å². The number of aliphatic hydroxyl groups excluding tert-OH is 1. The third-order valence-corrected chi connectivity index (χ3v) is 12.6. The molecule has 0 amide bonds. The first-order valence-corrected chi connectivity index (χ1v) is 22.9. The molecule has 2 fully saturated rings. The Morgan fingerprint density at radius 3 is 1.44 bits per heavy atom. The summed E-state index contributed by atoms with van der Waals surface area (Å²) < 4.78 is 31.2. The molecule has 0 bridgehead atoms. The van der Waals surface area contributed by atoms with Gasteiger partial charge in [0.05, 0.1) is 51.5 Å². The third-order valence-electron chi connectivity index (χ3n) is 11.2. The van der Waals surface area contributed by atoms with Crippen LogP contribution >= 0.6 is 45.8 Å². The molecule has 0 unspecified atom stereocenters. The van der Waals surface area contributed by atoms with Gasteiger partial charge in [-0.2, -0.15) is 10.2 Å². The van der Waals surface area contributed by atoms with E-state index >= 15 is 0 Å². The molecule has 8 aromatic rings. The van der Waals surface area contributed by atoms with Crippen LogP contribution in [0, 0.1) is 11.6 Å². The Morgan fingerprint density at radius 1 is 0.597 bits per heavy atom. The van der Waals surface area contributed by atoms with Crippen molar-refractivity contribution in [1.82, 2.24) is 39.2 Å². The van der Waals surface area contributed by atoms with Gasteiger partial charge in [-0.3, -0.25) is 0 Å². The minimum Gasteiger partial charge on any atom is -0.390 e. The van der Waals surface area contributed by atoms with Crippen molar-refractivity contribution in [2.24, 2.45) is 0 Å². The van der Waals surface area contributed by atoms with Crippen molar-refractivity contribution in [3.05, 3.63) is 130 Å². The summed E-state index contributed by atoms with van der Waals surface area (Å²) >= 11 is 15.2. The molecule has 316 valence electrons. The summed E-state index contributed by atoms with van der Waals surface area (Å²) in [6.07, 6.45) is 9.28. The van der Waals surface area contributed by atoms with Crippen LogP contribution in [-0.2, 0) is 11.0 Å². The summed E-state index contributed by atoms with van der Waals surface area (Å²) in [6.45, 7) is -0.208. The highest BCUT2D eigenvalue weighted by molar-refractivity contribution is 14.1. The second-order valence-corrected chi connectivity index (χ2v) is 17.0. The highest BCUT2D eigenvalue weighted by Gasteiger charge is 2.24. The van der Waals surface area contributed by atoms with E-state index in [-0.39, 0.29) is 18.2 Å². The molecule has 3 N–H and O–H groups in total. The molecular formula is C46H41Cl2F2IN10O. The Morgan fingerprint density at radius 2 is 1.02 bits per heavy atom. The molecule has 2 aromatic carbocycles. The molecule has 6 heterocycles. The Bertz CT molecular complexity index is 2670. The van der Waals surface area contributed by atoms with Crippen molar-refractivity contribution >= 4 is 68.7 Å². The van der Waals surface area contributed by atoms with Crippen molar-refractivity contribution < 1.29 is 13.9 Å². The van der Waals surface area contributed by atoms with Gasteiger partial charge in [0.15, 0.2) is 0 Å². The highest BCUT2D eigenvalue weighted by atomic mass is 127. The zero-order valence-corrected chi connectivity index (χ0v) is 37.0. The minimum atomic E-state index is -0.320. The smallest absolute Gasteiger partial charge is 0.223 e. The number of anilines is 2. The SMILES string of the molecule is Fc1ccc(-c2nn3c(Cl)cccc3c2-c2cc(CI)nc(NC3CCCC3)n2)cc1.OCc1cc(-c2c(-c3ccc(F)cc3)nn3c(Cl)cccc23)nc(NC2CCCC2)n1. The van der Waals surface area contributed by atoms with Crippen molar-refractivity contribution in [2.45, 2.75) is 74.5 Å². The van der Waals surface area contributed by atoms with Crippen LogP contribution in [0.25, 0.3) is 56.1 Å². The Balaban J connectivity index is 0.000000158. The van der Waals surface area contributed by atoms with Crippen LogP contribution in [0.4, 0.5) is 20.7 Å². The van der Waals surface area contributed by atoms with Crippen LogP contribution in [0.3, 0.4) is 0 Å². The van der Waals surface area contributed by atoms with E-state index in [4.69, 9.17) is 48.4 Å². The van der Waals surface area contributed by atoms with Gasteiger partial charge in [0.25, 0.3) is 0 Å². The number of benzene rings is 2. The first kappa shape index (κ1) is 42.0. The fourth-order valence-electron chi connectivity index (χ4n) is 8.23. The number of aliphatic hydroxyl groups is 1. The van der Waals surface area contributed by atoms with Crippen LogP contribution in [0.5, 0.6) is 0 Å². The number of hydrogen-bond donors (Lipinski definition) is 3. The van der Waals surface area contributed by atoms with Crippen LogP contribution in [0.2, 0.25) is 10.3 Å². The van der Waals surface area contributed by atoms with E-state index in [9.17, 15) is 13.9 Å². The number of rotatable bonds is 10. The van der Waals surface area contributed by atoms with E-state index in [1.165, 1.54) is 49.9 Å². The number of nitrogens with one attached hydrogen (secondary N) is 2. The van der Waals surface area contributed by atoms with Gasteiger partial charge in [-0.1, -0.05) is 83.6 Å². The van der Waals surface area contributed by atoms with Crippen molar-refractivity contribution in [3.63, 3.8) is 0 Å². The predicted octanol–water partition coefficient (Wildman–Crippen LogP) is 11.6. The lowest BCUT2D eigenvalue weighted by atomic mass is 10.0. The highest BCUT2D eigenvalue weighted by Crippen LogP contribution is 2.38. The number of fused-ring (bicyclic) bond motifs is 2. The third kappa shape index (κ3) is 8.96. The number of hydrogen-bond acceptors (Lipinski definition) is 9. The molecule has 0 spiro atoms. The summed E-state index contributed by atoms with van der Waals surface area (Å²) in [4.78, 5) is 18.8. The zero-order valence-electron chi connectivity index (χ0n) is 33.4. The van der Waals surface area contributed by atoms with Crippen molar-refractivity contribution in [3.8, 4) is 45.0 Å². The Hall–Kier alpha value is -5.29. The first-order chi connectivity index (χ1) is 30.2. The standard InChI is InChI=1S/C23H20ClFIN5.C23H21ClFN5O/c24-20-7-3-6-19-21(22(30-31(19)20)14-8-10-15(25)11-9-14)18-12-17(13-26)28-23(29-18)27-16-4-1-2-5-16;24-20-7-3-6-19-21(22(29-30(19)20)14-8-10-15(25)11-9-14)18-12-17(13-31)27-23(28-18)26-16-4-1-2-5-16/h3,6-12,16H,1-2,4-5,13H2,(H,27,28,29);3,6-12,16,31H,1-2,4-5,13H2,(H,26,27,28). The molecule has 2 aliphatic carbocycles. The van der Waals surface area contributed by atoms with Gasteiger partial charge in [-0.25, -0.2) is 37.7 Å². The van der Waals surface area contributed by atoms with Crippen molar-refractivity contribution in [1.29, 1.82) is 0 Å². The molecule has 0 radical (unpaired) electrons. The quantitative estimate of drug-likeness (QED) is 0.0696. The molecule has 6 aromatic heterocycles. The summed E-state index contributed by atoms with van der Waals surface area (Å²) in [5, 5.41) is 27.1. The molecule has 2 aliphatic rings. The largest absolute Gasteiger partial charge is 0.390 e. The molecular weight excluding hydrogens is 944 g/mol. The van der Waals surface area contributed by atoms with E-state index in [0.717, 1.165) is 74.8 Å². The van der Waals surface area contributed by atoms with Gasteiger partial charge in [-0.05, 0) is 111 Å². The van der Waals surface area contributed by atoms with Crippen LogP contribution in [0.15, 0.2) is 97.1 Å². The van der Waals surface area contributed by atoms with E-state index in [2.05, 4.69) is 38.2 Å². The van der Waals surface area contributed by atoms with Gasteiger partial charge < -0.3 is 15.7 Å². The average Bonchev–Trinajstić information content (AvgIpc) is 4.12. The molecule has 11 nitrogen and oxygen atoms in total. The number of aromatic nitrogens is 8. The first-order valence-electron chi connectivity index (χ1n) is 20.6. The summed E-state index contributed by atoms with van der Waals surface area (Å²) in [5.41, 5.74) is 8.95. The fraction of sp³-hybridized carbons (Fsp3) is 0.261. The maximum absolute atomic E-state index is 13.6. The normalized spacial score (nSPS) is 14.4. The zero-order chi connectivity index (χ0) is 42.7. The van der Waals surface area contributed by atoms with Gasteiger partial charge in [0, 0.05) is 27.6 Å². The minimum absolute atomic E-state index is 0.208. The molecule has 62 heavy (non-hydrogen) atoms. The van der Waals surface area contributed by atoms with Crippen LogP contribution in [-0.4, -0.2) is 56.4 Å². The Kier molecular flexibility index (Phi) is 12.6. The second kappa shape index (κ2) is 18.6. The van der Waals surface area contributed by atoms with E-state index in [1.807, 2.05) is 30.3 Å². The lowest BCUT2D eigenvalue weighted by molar-refractivity contribution is 0.277. The van der Waals surface area contributed by atoms with Crippen LogP contribution in [0.1, 0.15) is 62.8 Å². The fourth-order valence-corrected chi connectivity index (χ4v) is 9.03. The molecule has 16 heteroatoms. The molecule has 0 saturated heterocycles.